The lowest BCUT2D eigenvalue weighted by molar-refractivity contribution is -0.122. The quantitative estimate of drug-likeness (QED) is 0.922. The average molecular weight is 290 g/mol. The van der Waals surface area contributed by atoms with Gasteiger partial charge in [0.1, 0.15) is 5.75 Å². The third kappa shape index (κ3) is 3.52. The van der Waals surface area contributed by atoms with E-state index in [9.17, 15) is 4.79 Å². The number of carbonyl (C=O) groups excluding carboxylic acids is 1. The lowest BCUT2D eigenvalue weighted by atomic mass is 10.2. The van der Waals surface area contributed by atoms with E-state index in [1.807, 2.05) is 43.3 Å². The van der Waals surface area contributed by atoms with Gasteiger partial charge in [0.15, 0.2) is 6.10 Å². The number of nitrogens with one attached hydrogen (secondary N) is 1. The molecule has 0 saturated carbocycles. The Morgan fingerprint density at radius 2 is 1.85 bits per heavy atom. The second-order valence-electron chi connectivity index (χ2n) is 4.47. The molecule has 1 amide bonds. The van der Waals surface area contributed by atoms with Gasteiger partial charge in [-0.2, -0.15) is 0 Å². The van der Waals surface area contributed by atoms with Crippen molar-refractivity contribution in [1.29, 1.82) is 0 Å². The summed E-state index contributed by atoms with van der Waals surface area (Å²) < 4.78 is 5.57. The van der Waals surface area contributed by atoms with Gasteiger partial charge in [0.25, 0.3) is 5.91 Å². The van der Waals surface area contributed by atoms with Crippen molar-refractivity contribution in [3.63, 3.8) is 0 Å². The zero-order valence-corrected chi connectivity index (χ0v) is 12.1. The van der Waals surface area contributed by atoms with E-state index in [1.165, 1.54) is 0 Å². The summed E-state index contributed by atoms with van der Waals surface area (Å²) in [5.74, 6) is 0.456. The molecule has 2 rings (SSSR count). The van der Waals surface area contributed by atoms with Gasteiger partial charge in [-0.1, -0.05) is 35.9 Å². The summed E-state index contributed by atoms with van der Waals surface area (Å²) in [5, 5.41) is 3.45. The van der Waals surface area contributed by atoms with Crippen LogP contribution in [0.3, 0.4) is 0 Å². The summed E-state index contributed by atoms with van der Waals surface area (Å²) in [6.45, 7) is 3.57. The molecule has 0 aromatic heterocycles. The molecule has 4 heteroatoms. The first kappa shape index (κ1) is 14.4. The maximum absolute atomic E-state index is 12.1. The molecular weight excluding hydrogens is 274 g/mol. The molecule has 1 atom stereocenters. The standard InChI is InChI=1S/C16H16ClNO2/c1-11-14(17)9-6-10-15(11)18-16(19)12(2)20-13-7-4-3-5-8-13/h3-10,12H,1-2H3,(H,18,19)/t12-/m0/s1. The number of hydrogen-bond donors (Lipinski definition) is 1. The highest BCUT2D eigenvalue weighted by atomic mass is 35.5. The predicted molar refractivity (Wildman–Crippen MR) is 81.4 cm³/mol. The summed E-state index contributed by atoms with van der Waals surface area (Å²) in [6, 6.07) is 14.6. The Labute approximate surface area is 123 Å². The fourth-order valence-corrected chi connectivity index (χ4v) is 1.91. The summed E-state index contributed by atoms with van der Waals surface area (Å²) in [6.07, 6.45) is -0.587. The molecule has 0 saturated heterocycles. The molecule has 0 radical (unpaired) electrons. The van der Waals surface area contributed by atoms with E-state index in [4.69, 9.17) is 16.3 Å². The van der Waals surface area contributed by atoms with E-state index in [0.29, 0.717) is 16.5 Å². The van der Waals surface area contributed by atoms with E-state index in [1.54, 1.807) is 19.1 Å². The first-order valence-electron chi connectivity index (χ1n) is 6.35. The molecule has 0 aliphatic rings. The number of ether oxygens (including phenoxy) is 1. The summed E-state index contributed by atoms with van der Waals surface area (Å²) in [4.78, 5) is 12.1. The first-order valence-corrected chi connectivity index (χ1v) is 6.73. The smallest absolute Gasteiger partial charge is 0.265 e. The molecule has 0 fully saturated rings. The zero-order valence-electron chi connectivity index (χ0n) is 11.4. The van der Waals surface area contributed by atoms with Gasteiger partial charge in [-0.25, -0.2) is 0 Å². The van der Waals surface area contributed by atoms with Crippen molar-refractivity contribution in [2.45, 2.75) is 20.0 Å². The van der Waals surface area contributed by atoms with Crippen molar-refractivity contribution in [3.05, 3.63) is 59.1 Å². The van der Waals surface area contributed by atoms with E-state index < -0.39 is 6.10 Å². The largest absolute Gasteiger partial charge is 0.481 e. The Kier molecular flexibility index (Phi) is 4.64. The highest BCUT2D eigenvalue weighted by molar-refractivity contribution is 6.31. The normalized spacial score (nSPS) is 11.8. The summed E-state index contributed by atoms with van der Waals surface area (Å²) >= 11 is 6.02. The Morgan fingerprint density at radius 1 is 1.15 bits per heavy atom. The van der Waals surface area contributed by atoms with Crippen LogP contribution in [-0.4, -0.2) is 12.0 Å². The van der Waals surface area contributed by atoms with Crippen molar-refractivity contribution >= 4 is 23.2 Å². The number of amides is 1. The maximum atomic E-state index is 12.1. The van der Waals surface area contributed by atoms with Crippen LogP contribution in [0.2, 0.25) is 5.02 Å². The number of para-hydroxylation sites is 1. The monoisotopic (exact) mass is 289 g/mol. The number of hydrogen-bond acceptors (Lipinski definition) is 2. The van der Waals surface area contributed by atoms with Gasteiger partial charge in [0.05, 0.1) is 0 Å². The molecule has 2 aromatic rings. The minimum atomic E-state index is -0.587. The molecule has 0 aliphatic heterocycles. The molecule has 0 spiro atoms. The van der Waals surface area contributed by atoms with Gasteiger partial charge in [-0.3, -0.25) is 4.79 Å². The van der Waals surface area contributed by atoms with Gasteiger partial charge in [-0.15, -0.1) is 0 Å². The third-order valence-corrected chi connectivity index (χ3v) is 3.36. The van der Waals surface area contributed by atoms with Crippen molar-refractivity contribution in [2.75, 3.05) is 5.32 Å². The molecular formula is C16H16ClNO2. The molecule has 2 aromatic carbocycles. The first-order chi connectivity index (χ1) is 9.58. The second kappa shape index (κ2) is 6.44. The van der Waals surface area contributed by atoms with Crippen LogP contribution in [0, 0.1) is 6.92 Å². The molecule has 0 bridgehead atoms. The van der Waals surface area contributed by atoms with Crippen LogP contribution in [0.5, 0.6) is 5.75 Å². The van der Waals surface area contributed by atoms with Crippen molar-refractivity contribution in [1.82, 2.24) is 0 Å². The van der Waals surface area contributed by atoms with E-state index in [-0.39, 0.29) is 5.91 Å². The van der Waals surface area contributed by atoms with Crippen molar-refractivity contribution in [2.24, 2.45) is 0 Å². The second-order valence-corrected chi connectivity index (χ2v) is 4.88. The zero-order chi connectivity index (χ0) is 14.5. The van der Waals surface area contributed by atoms with Gasteiger partial charge in [-0.05, 0) is 43.7 Å². The third-order valence-electron chi connectivity index (χ3n) is 2.95. The van der Waals surface area contributed by atoms with E-state index in [0.717, 1.165) is 5.56 Å². The molecule has 0 heterocycles. The number of halogens is 1. The van der Waals surface area contributed by atoms with Gasteiger partial charge in [0, 0.05) is 10.7 Å². The molecule has 0 aliphatic carbocycles. The van der Waals surface area contributed by atoms with Gasteiger partial charge >= 0.3 is 0 Å². The minimum Gasteiger partial charge on any atom is -0.481 e. The Hall–Kier alpha value is -2.00. The van der Waals surface area contributed by atoms with Gasteiger partial charge < -0.3 is 10.1 Å². The molecule has 20 heavy (non-hydrogen) atoms. The van der Waals surface area contributed by atoms with Crippen LogP contribution in [0.25, 0.3) is 0 Å². The van der Waals surface area contributed by atoms with E-state index in [2.05, 4.69) is 5.32 Å². The number of benzene rings is 2. The SMILES string of the molecule is Cc1c(Cl)cccc1NC(=O)[C@H](C)Oc1ccccc1. The topological polar surface area (TPSA) is 38.3 Å². The van der Waals surface area contributed by atoms with Crippen LogP contribution in [0.15, 0.2) is 48.5 Å². The number of anilines is 1. The van der Waals surface area contributed by atoms with E-state index >= 15 is 0 Å². The van der Waals surface area contributed by atoms with Crippen molar-refractivity contribution < 1.29 is 9.53 Å². The number of carbonyl (C=O) groups is 1. The van der Waals surface area contributed by atoms with Crippen LogP contribution in [0.1, 0.15) is 12.5 Å². The Morgan fingerprint density at radius 3 is 2.55 bits per heavy atom. The van der Waals surface area contributed by atoms with Crippen molar-refractivity contribution in [3.8, 4) is 5.75 Å². The molecule has 1 N–H and O–H groups in total. The fraction of sp³-hybridized carbons (Fsp3) is 0.188. The minimum absolute atomic E-state index is 0.209. The summed E-state index contributed by atoms with van der Waals surface area (Å²) in [7, 11) is 0. The predicted octanol–water partition coefficient (Wildman–Crippen LogP) is 4.05. The lowest BCUT2D eigenvalue weighted by Crippen LogP contribution is -2.30. The van der Waals surface area contributed by atoms with Crippen LogP contribution in [0.4, 0.5) is 5.69 Å². The highest BCUT2D eigenvalue weighted by Crippen LogP contribution is 2.23. The van der Waals surface area contributed by atoms with Crippen LogP contribution < -0.4 is 10.1 Å². The average Bonchev–Trinajstić information content (AvgIpc) is 2.45. The Bertz CT molecular complexity index is 599. The fourth-order valence-electron chi connectivity index (χ4n) is 1.73. The lowest BCUT2D eigenvalue weighted by Gasteiger charge is -2.16. The number of rotatable bonds is 4. The highest BCUT2D eigenvalue weighted by Gasteiger charge is 2.16. The Balaban J connectivity index is 2.03. The van der Waals surface area contributed by atoms with Crippen LogP contribution >= 0.6 is 11.6 Å². The summed E-state index contributed by atoms with van der Waals surface area (Å²) in [5.41, 5.74) is 1.54. The van der Waals surface area contributed by atoms with Gasteiger partial charge in [0.2, 0.25) is 0 Å². The molecule has 3 nitrogen and oxygen atoms in total. The van der Waals surface area contributed by atoms with Crippen LogP contribution in [-0.2, 0) is 4.79 Å². The molecule has 104 valence electrons. The maximum Gasteiger partial charge on any atom is 0.265 e. The molecule has 0 unspecified atom stereocenters.